The Labute approximate surface area is 120 Å². The van der Waals surface area contributed by atoms with Crippen LogP contribution in [0.3, 0.4) is 0 Å². The van der Waals surface area contributed by atoms with Gasteiger partial charge in [-0.25, -0.2) is 0 Å². The Kier molecular flexibility index (Phi) is 3.99. The van der Waals surface area contributed by atoms with E-state index in [2.05, 4.69) is 5.32 Å². The quantitative estimate of drug-likeness (QED) is 0.780. The molecule has 5 unspecified atom stereocenters. The van der Waals surface area contributed by atoms with Crippen molar-refractivity contribution in [3.05, 3.63) is 0 Å². The Morgan fingerprint density at radius 3 is 2.35 bits per heavy atom. The molecule has 0 spiro atoms. The molecule has 3 aliphatic rings. The zero-order valence-electron chi connectivity index (χ0n) is 12.0. The molecule has 3 fully saturated rings. The molecule has 0 aromatic rings. The van der Waals surface area contributed by atoms with Crippen molar-refractivity contribution < 1.29 is 14.7 Å². The van der Waals surface area contributed by atoms with Gasteiger partial charge in [0.1, 0.15) is 0 Å². The molecule has 0 saturated heterocycles. The smallest absolute Gasteiger partial charge is 0.308 e. The van der Waals surface area contributed by atoms with Crippen LogP contribution in [0.4, 0.5) is 0 Å². The molecule has 0 heterocycles. The van der Waals surface area contributed by atoms with E-state index in [0.29, 0.717) is 12.3 Å². The average molecular weight is 279 g/mol. The Morgan fingerprint density at radius 1 is 0.900 bits per heavy atom. The minimum absolute atomic E-state index is 0.135. The van der Waals surface area contributed by atoms with E-state index in [4.69, 9.17) is 0 Å². The van der Waals surface area contributed by atoms with Gasteiger partial charge in [-0.3, -0.25) is 9.59 Å². The van der Waals surface area contributed by atoms with Crippen LogP contribution in [0.15, 0.2) is 0 Å². The lowest BCUT2D eigenvalue weighted by atomic mass is 9.87. The molecular formula is C16H25NO3. The van der Waals surface area contributed by atoms with Gasteiger partial charge in [0.05, 0.1) is 5.92 Å². The summed E-state index contributed by atoms with van der Waals surface area (Å²) in [6, 6.07) is -0.151. The SMILES string of the molecule is O=C(NC1CCCCCC1C(=O)O)C1CC2CCC1C2. The maximum Gasteiger partial charge on any atom is 0.308 e. The summed E-state index contributed by atoms with van der Waals surface area (Å²) in [6.07, 6.45) is 9.34. The molecule has 4 nitrogen and oxygen atoms in total. The topological polar surface area (TPSA) is 66.4 Å². The van der Waals surface area contributed by atoms with Crippen LogP contribution >= 0.6 is 0 Å². The molecule has 0 aliphatic heterocycles. The lowest BCUT2D eigenvalue weighted by Crippen LogP contribution is -2.46. The van der Waals surface area contributed by atoms with Crippen molar-refractivity contribution in [2.45, 2.75) is 63.8 Å². The zero-order valence-corrected chi connectivity index (χ0v) is 12.0. The lowest BCUT2D eigenvalue weighted by Gasteiger charge is -2.27. The number of aliphatic carboxylic acids is 1. The number of hydrogen-bond acceptors (Lipinski definition) is 2. The number of amides is 1. The molecule has 20 heavy (non-hydrogen) atoms. The van der Waals surface area contributed by atoms with Crippen LogP contribution in [0.25, 0.3) is 0 Å². The second-order valence-corrected chi connectivity index (χ2v) is 6.98. The van der Waals surface area contributed by atoms with Crippen molar-refractivity contribution in [2.24, 2.45) is 23.7 Å². The maximum atomic E-state index is 12.5. The van der Waals surface area contributed by atoms with Crippen LogP contribution in [0.1, 0.15) is 57.8 Å². The standard InChI is InChI=1S/C16H25NO3/c18-15(13-9-10-6-7-11(13)8-10)17-14-5-3-1-2-4-12(14)16(19)20/h10-14H,1-9H2,(H,17,18)(H,19,20). The fourth-order valence-corrected chi connectivity index (χ4v) is 4.63. The number of carboxylic acid groups (broad SMARTS) is 1. The summed E-state index contributed by atoms with van der Waals surface area (Å²) in [4.78, 5) is 23.9. The maximum absolute atomic E-state index is 12.5. The van der Waals surface area contributed by atoms with Crippen LogP contribution in [0, 0.1) is 23.7 Å². The van der Waals surface area contributed by atoms with Crippen molar-refractivity contribution in [2.75, 3.05) is 0 Å². The third-order valence-electron chi connectivity index (χ3n) is 5.74. The summed E-state index contributed by atoms with van der Waals surface area (Å²) in [6.45, 7) is 0. The van der Waals surface area contributed by atoms with E-state index in [1.54, 1.807) is 0 Å². The van der Waals surface area contributed by atoms with E-state index in [9.17, 15) is 14.7 Å². The van der Waals surface area contributed by atoms with Crippen LogP contribution in [-0.2, 0) is 9.59 Å². The molecule has 4 heteroatoms. The fourth-order valence-electron chi connectivity index (χ4n) is 4.63. The Bertz CT molecular complexity index is 395. The molecule has 1 amide bonds. The van der Waals surface area contributed by atoms with E-state index < -0.39 is 5.97 Å². The number of carboxylic acids is 1. The highest BCUT2D eigenvalue weighted by molar-refractivity contribution is 5.81. The van der Waals surface area contributed by atoms with Crippen LogP contribution in [0.5, 0.6) is 0 Å². The molecule has 3 rings (SSSR count). The Hall–Kier alpha value is -1.06. The van der Waals surface area contributed by atoms with Crippen LogP contribution in [0.2, 0.25) is 0 Å². The van der Waals surface area contributed by atoms with Gasteiger partial charge >= 0.3 is 5.97 Å². The third-order valence-corrected chi connectivity index (χ3v) is 5.74. The molecule has 0 aromatic heterocycles. The first-order chi connectivity index (χ1) is 9.65. The summed E-state index contributed by atoms with van der Waals surface area (Å²) in [5.74, 6) is 0.473. The van der Waals surface area contributed by atoms with Gasteiger partial charge in [-0.15, -0.1) is 0 Å². The number of rotatable bonds is 3. The first-order valence-corrected chi connectivity index (χ1v) is 8.18. The van der Waals surface area contributed by atoms with Gasteiger partial charge in [-0.1, -0.05) is 25.7 Å². The highest BCUT2D eigenvalue weighted by atomic mass is 16.4. The number of carbonyl (C=O) groups is 2. The number of carbonyl (C=O) groups excluding carboxylic acids is 1. The summed E-state index contributed by atoms with van der Waals surface area (Å²) < 4.78 is 0. The molecule has 3 aliphatic carbocycles. The van der Waals surface area contributed by atoms with Gasteiger partial charge in [-0.2, -0.15) is 0 Å². The molecular weight excluding hydrogens is 254 g/mol. The van der Waals surface area contributed by atoms with E-state index in [-0.39, 0.29) is 23.8 Å². The molecule has 0 aromatic carbocycles. The van der Waals surface area contributed by atoms with Gasteiger partial charge in [0.15, 0.2) is 0 Å². The van der Waals surface area contributed by atoms with Crippen LogP contribution < -0.4 is 5.32 Å². The monoisotopic (exact) mass is 279 g/mol. The average Bonchev–Trinajstić information content (AvgIpc) is 2.97. The largest absolute Gasteiger partial charge is 0.481 e. The molecule has 5 atom stereocenters. The second-order valence-electron chi connectivity index (χ2n) is 6.98. The van der Waals surface area contributed by atoms with Gasteiger partial charge in [0.25, 0.3) is 0 Å². The molecule has 2 bridgehead atoms. The second kappa shape index (κ2) is 5.74. The highest BCUT2D eigenvalue weighted by Crippen LogP contribution is 2.48. The first-order valence-electron chi connectivity index (χ1n) is 8.18. The Balaban J connectivity index is 1.62. The minimum atomic E-state index is -0.745. The summed E-state index contributed by atoms with van der Waals surface area (Å²) in [5, 5.41) is 12.5. The van der Waals surface area contributed by atoms with Crippen LogP contribution in [-0.4, -0.2) is 23.0 Å². The molecule has 0 radical (unpaired) electrons. The van der Waals surface area contributed by atoms with Crippen molar-refractivity contribution in [1.29, 1.82) is 0 Å². The number of nitrogens with one attached hydrogen (secondary N) is 1. The molecule has 2 N–H and O–H groups in total. The van der Waals surface area contributed by atoms with Gasteiger partial charge < -0.3 is 10.4 Å². The highest BCUT2D eigenvalue weighted by Gasteiger charge is 2.44. The lowest BCUT2D eigenvalue weighted by molar-refractivity contribution is -0.143. The van der Waals surface area contributed by atoms with Gasteiger partial charge in [0, 0.05) is 12.0 Å². The van der Waals surface area contributed by atoms with E-state index in [1.165, 1.54) is 19.3 Å². The molecule has 3 saturated carbocycles. The van der Waals surface area contributed by atoms with Gasteiger partial charge in [0.2, 0.25) is 5.91 Å². The number of hydrogen-bond donors (Lipinski definition) is 2. The molecule has 112 valence electrons. The normalized spacial score (nSPS) is 40.3. The summed E-state index contributed by atoms with van der Waals surface area (Å²) in [5.41, 5.74) is 0. The van der Waals surface area contributed by atoms with Crippen molar-refractivity contribution in [3.63, 3.8) is 0 Å². The predicted molar refractivity (Wildman–Crippen MR) is 75.1 cm³/mol. The van der Waals surface area contributed by atoms with Crippen molar-refractivity contribution in [3.8, 4) is 0 Å². The van der Waals surface area contributed by atoms with Gasteiger partial charge in [-0.05, 0) is 43.9 Å². The summed E-state index contributed by atoms with van der Waals surface area (Å²) >= 11 is 0. The first kappa shape index (κ1) is 13.9. The van der Waals surface area contributed by atoms with E-state index in [0.717, 1.165) is 38.0 Å². The van der Waals surface area contributed by atoms with Crippen molar-refractivity contribution >= 4 is 11.9 Å². The fraction of sp³-hybridized carbons (Fsp3) is 0.875. The van der Waals surface area contributed by atoms with E-state index in [1.807, 2.05) is 0 Å². The Morgan fingerprint density at radius 2 is 1.70 bits per heavy atom. The van der Waals surface area contributed by atoms with E-state index >= 15 is 0 Å². The third kappa shape index (κ3) is 2.70. The van der Waals surface area contributed by atoms with Crippen molar-refractivity contribution in [1.82, 2.24) is 5.32 Å². The number of fused-ring (bicyclic) bond motifs is 2. The predicted octanol–water partition coefficient (Wildman–Crippen LogP) is 2.57. The zero-order chi connectivity index (χ0) is 14.1. The summed E-state index contributed by atoms with van der Waals surface area (Å²) in [7, 11) is 0. The minimum Gasteiger partial charge on any atom is -0.481 e.